The van der Waals surface area contributed by atoms with Gasteiger partial charge in [-0.1, -0.05) is 12.1 Å². The van der Waals surface area contributed by atoms with E-state index in [1.165, 1.54) is 16.2 Å². The Bertz CT molecular complexity index is 462. The van der Waals surface area contributed by atoms with Crippen LogP contribution in [0.5, 0.6) is 0 Å². The van der Waals surface area contributed by atoms with Gasteiger partial charge in [0, 0.05) is 15.8 Å². The summed E-state index contributed by atoms with van der Waals surface area (Å²) in [7, 11) is 0. The number of aliphatic hydroxyl groups is 1. The fourth-order valence-corrected chi connectivity index (χ4v) is 2.55. The first-order valence-corrected chi connectivity index (χ1v) is 7.09. The van der Waals surface area contributed by atoms with Gasteiger partial charge in [-0.05, 0) is 25.3 Å². The zero-order valence-corrected chi connectivity index (χ0v) is 10.8. The number of aliphatic hydroxyl groups excluding tert-OH is 1. The molecule has 2 aromatic rings. The van der Waals surface area contributed by atoms with Crippen molar-refractivity contribution in [3.8, 4) is 11.3 Å². The van der Waals surface area contributed by atoms with E-state index in [4.69, 9.17) is 0 Å². The smallest absolute Gasteiger partial charge is 0.122 e. The van der Waals surface area contributed by atoms with E-state index in [0.717, 1.165) is 16.3 Å². The maximum Gasteiger partial charge on any atom is 0.122 e. The quantitative estimate of drug-likeness (QED) is 0.846. The van der Waals surface area contributed by atoms with Crippen molar-refractivity contribution in [1.82, 2.24) is 4.98 Å². The Balaban J connectivity index is 2.28. The lowest BCUT2D eigenvalue weighted by Gasteiger charge is -1.99. The molecule has 0 aliphatic heterocycles. The average Bonchev–Trinajstić information content (AvgIpc) is 2.78. The van der Waals surface area contributed by atoms with Gasteiger partial charge in [0.25, 0.3) is 0 Å². The molecule has 16 heavy (non-hydrogen) atoms. The van der Waals surface area contributed by atoms with Gasteiger partial charge in [-0.25, -0.2) is 4.98 Å². The van der Waals surface area contributed by atoms with Gasteiger partial charge >= 0.3 is 0 Å². The van der Waals surface area contributed by atoms with Gasteiger partial charge in [0.15, 0.2) is 0 Å². The predicted octanol–water partition coefficient (Wildman–Crippen LogP) is 3.59. The molecule has 1 aromatic carbocycles. The first-order valence-electron chi connectivity index (χ1n) is 4.98. The standard InChI is InChI=1S/C12H13NOS2/c1-8(14)12-13-11(7-16-12)9-3-5-10(15-2)6-4-9/h3-8,14H,1-2H3. The fourth-order valence-electron chi connectivity index (χ4n) is 1.37. The first kappa shape index (κ1) is 11.6. The molecule has 1 unspecified atom stereocenters. The van der Waals surface area contributed by atoms with Crippen molar-refractivity contribution in [2.45, 2.75) is 17.9 Å². The van der Waals surface area contributed by atoms with E-state index >= 15 is 0 Å². The van der Waals surface area contributed by atoms with E-state index in [2.05, 4.69) is 35.5 Å². The molecular weight excluding hydrogens is 238 g/mol. The van der Waals surface area contributed by atoms with E-state index in [0.29, 0.717) is 0 Å². The Morgan fingerprint density at radius 1 is 1.31 bits per heavy atom. The molecule has 4 heteroatoms. The largest absolute Gasteiger partial charge is 0.386 e. The lowest BCUT2D eigenvalue weighted by Crippen LogP contribution is -1.89. The Kier molecular flexibility index (Phi) is 3.63. The summed E-state index contributed by atoms with van der Waals surface area (Å²) in [5, 5.41) is 12.2. The van der Waals surface area contributed by atoms with Crippen LogP contribution in [0.25, 0.3) is 11.3 Å². The molecule has 0 aliphatic carbocycles. The highest BCUT2D eigenvalue weighted by Crippen LogP contribution is 2.26. The molecule has 0 bridgehead atoms. The SMILES string of the molecule is CSc1ccc(-c2csc(C(C)O)n2)cc1. The van der Waals surface area contributed by atoms with Crippen molar-refractivity contribution in [1.29, 1.82) is 0 Å². The molecule has 2 rings (SSSR count). The highest BCUT2D eigenvalue weighted by Gasteiger charge is 2.08. The van der Waals surface area contributed by atoms with Crippen molar-refractivity contribution in [2.24, 2.45) is 0 Å². The van der Waals surface area contributed by atoms with E-state index < -0.39 is 6.10 Å². The monoisotopic (exact) mass is 251 g/mol. The molecule has 1 N–H and O–H groups in total. The number of thiazole rings is 1. The molecule has 84 valence electrons. The topological polar surface area (TPSA) is 33.1 Å². The zero-order valence-electron chi connectivity index (χ0n) is 9.18. The van der Waals surface area contributed by atoms with Crippen molar-refractivity contribution in [2.75, 3.05) is 6.26 Å². The maximum absolute atomic E-state index is 9.41. The van der Waals surface area contributed by atoms with Gasteiger partial charge in [0.05, 0.1) is 5.69 Å². The van der Waals surface area contributed by atoms with Gasteiger partial charge in [0.2, 0.25) is 0 Å². The summed E-state index contributed by atoms with van der Waals surface area (Å²) >= 11 is 3.22. The summed E-state index contributed by atoms with van der Waals surface area (Å²) in [6.07, 6.45) is 1.58. The summed E-state index contributed by atoms with van der Waals surface area (Å²) in [4.78, 5) is 5.64. The zero-order chi connectivity index (χ0) is 11.5. The second-order valence-electron chi connectivity index (χ2n) is 3.48. The van der Waals surface area contributed by atoms with Gasteiger partial charge in [0.1, 0.15) is 11.1 Å². The number of rotatable bonds is 3. The Morgan fingerprint density at radius 3 is 2.50 bits per heavy atom. The van der Waals surface area contributed by atoms with Crippen LogP contribution in [0.1, 0.15) is 18.0 Å². The summed E-state index contributed by atoms with van der Waals surface area (Å²) in [6.45, 7) is 1.74. The minimum atomic E-state index is -0.482. The van der Waals surface area contributed by atoms with Crippen LogP contribution in [0, 0.1) is 0 Å². The van der Waals surface area contributed by atoms with Gasteiger partial charge < -0.3 is 5.11 Å². The van der Waals surface area contributed by atoms with E-state index in [9.17, 15) is 5.11 Å². The molecule has 1 heterocycles. The Morgan fingerprint density at radius 2 is 2.00 bits per heavy atom. The number of hydrogen-bond donors (Lipinski definition) is 1. The van der Waals surface area contributed by atoms with Gasteiger partial charge in [-0.3, -0.25) is 0 Å². The molecule has 0 aliphatic rings. The molecule has 0 spiro atoms. The molecule has 1 atom stereocenters. The van der Waals surface area contributed by atoms with Crippen molar-refractivity contribution >= 4 is 23.1 Å². The Labute approximate surface area is 103 Å². The number of nitrogens with zero attached hydrogens (tertiary/aromatic N) is 1. The van der Waals surface area contributed by atoms with Crippen LogP contribution in [-0.2, 0) is 0 Å². The number of aromatic nitrogens is 1. The highest BCUT2D eigenvalue weighted by molar-refractivity contribution is 7.98. The van der Waals surface area contributed by atoms with Crippen LogP contribution >= 0.6 is 23.1 Å². The Hall–Kier alpha value is -0.840. The second-order valence-corrected chi connectivity index (χ2v) is 5.24. The van der Waals surface area contributed by atoms with Crippen molar-refractivity contribution in [3.63, 3.8) is 0 Å². The van der Waals surface area contributed by atoms with E-state index in [1.807, 2.05) is 5.38 Å². The van der Waals surface area contributed by atoms with E-state index in [1.54, 1.807) is 18.7 Å². The van der Waals surface area contributed by atoms with Gasteiger partial charge in [-0.15, -0.1) is 23.1 Å². The minimum absolute atomic E-state index is 0.482. The number of benzene rings is 1. The third-order valence-corrected chi connectivity index (χ3v) is 4.02. The van der Waals surface area contributed by atoms with Crippen LogP contribution in [0.15, 0.2) is 34.5 Å². The molecule has 0 saturated heterocycles. The lowest BCUT2D eigenvalue weighted by atomic mass is 10.2. The highest BCUT2D eigenvalue weighted by atomic mass is 32.2. The molecule has 1 aromatic heterocycles. The second kappa shape index (κ2) is 4.99. The van der Waals surface area contributed by atoms with Crippen LogP contribution in [0.2, 0.25) is 0 Å². The normalized spacial score (nSPS) is 12.7. The van der Waals surface area contributed by atoms with E-state index in [-0.39, 0.29) is 0 Å². The summed E-state index contributed by atoms with van der Waals surface area (Å²) in [6, 6.07) is 8.29. The maximum atomic E-state index is 9.41. The van der Waals surface area contributed by atoms with Gasteiger partial charge in [-0.2, -0.15) is 0 Å². The van der Waals surface area contributed by atoms with Crippen molar-refractivity contribution < 1.29 is 5.11 Å². The van der Waals surface area contributed by atoms with Crippen LogP contribution < -0.4 is 0 Å². The fraction of sp³-hybridized carbons (Fsp3) is 0.250. The molecular formula is C12H13NOS2. The lowest BCUT2D eigenvalue weighted by molar-refractivity contribution is 0.199. The third kappa shape index (κ3) is 2.45. The molecule has 0 fully saturated rings. The van der Waals surface area contributed by atoms with Crippen LogP contribution in [0.3, 0.4) is 0 Å². The number of hydrogen-bond acceptors (Lipinski definition) is 4. The average molecular weight is 251 g/mol. The molecule has 0 amide bonds. The first-order chi connectivity index (χ1) is 7.70. The number of thioether (sulfide) groups is 1. The summed E-state index contributed by atoms with van der Waals surface area (Å²) < 4.78 is 0. The molecule has 2 nitrogen and oxygen atoms in total. The predicted molar refractivity (Wildman–Crippen MR) is 70.0 cm³/mol. The molecule has 0 radical (unpaired) electrons. The third-order valence-electron chi connectivity index (χ3n) is 2.27. The summed E-state index contributed by atoms with van der Waals surface area (Å²) in [5.74, 6) is 0. The van der Waals surface area contributed by atoms with Crippen LogP contribution in [0.4, 0.5) is 0 Å². The summed E-state index contributed by atoms with van der Waals surface area (Å²) in [5.41, 5.74) is 2.04. The minimum Gasteiger partial charge on any atom is -0.386 e. The molecule has 0 saturated carbocycles. The van der Waals surface area contributed by atoms with Crippen LogP contribution in [-0.4, -0.2) is 16.3 Å². The van der Waals surface area contributed by atoms with Crippen molar-refractivity contribution in [3.05, 3.63) is 34.7 Å².